The highest BCUT2D eigenvalue weighted by Gasteiger charge is 2.15. The van der Waals surface area contributed by atoms with Crippen molar-refractivity contribution in [3.05, 3.63) is 35.9 Å². The van der Waals surface area contributed by atoms with Crippen LogP contribution >= 0.6 is 0 Å². The van der Waals surface area contributed by atoms with Crippen molar-refractivity contribution in [3.8, 4) is 0 Å². The summed E-state index contributed by atoms with van der Waals surface area (Å²) in [6.07, 6.45) is 2.45. The fourth-order valence-corrected chi connectivity index (χ4v) is 1.73. The Morgan fingerprint density at radius 2 is 2.25 bits per heavy atom. The second kappa shape index (κ2) is 5.66. The van der Waals surface area contributed by atoms with E-state index in [9.17, 15) is 0 Å². The Hall–Kier alpha value is -1.35. The third-order valence-corrected chi connectivity index (χ3v) is 2.68. The van der Waals surface area contributed by atoms with Crippen LogP contribution < -0.4 is 0 Å². The molecule has 0 saturated carbocycles. The topological polar surface area (TPSA) is 30.8 Å². The molecule has 1 heterocycles. The van der Waals surface area contributed by atoms with E-state index in [-0.39, 0.29) is 6.10 Å². The molecule has 2 rings (SSSR count). The monoisotopic (exact) mass is 219 g/mol. The minimum atomic E-state index is 0.229. The second-order valence-corrected chi connectivity index (χ2v) is 3.97. The Bertz CT molecular complexity index is 342. The van der Waals surface area contributed by atoms with Crippen molar-refractivity contribution >= 4 is 5.71 Å². The summed E-state index contributed by atoms with van der Waals surface area (Å²) in [5.74, 6) is 0. The lowest BCUT2D eigenvalue weighted by molar-refractivity contribution is 0.0196. The van der Waals surface area contributed by atoms with E-state index in [0.29, 0.717) is 6.61 Å². The van der Waals surface area contributed by atoms with Crippen LogP contribution in [-0.2, 0) is 9.57 Å². The van der Waals surface area contributed by atoms with Crippen LogP contribution in [0.3, 0.4) is 0 Å². The van der Waals surface area contributed by atoms with Gasteiger partial charge < -0.3 is 9.57 Å². The first-order valence-corrected chi connectivity index (χ1v) is 5.70. The van der Waals surface area contributed by atoms with Gasteiger partial charge in [0.2, 0.25) is 0 Å². The Balaban J connectivity index is 1.82. The first-order chi connectivity index (χ1) is 7.86. The zero-order chi connectivity index (χ0) is 11.2. The smallest absolute Gasteiger partial charge is 0.143 e. The molecular weight excluding hydrogens is 202 g/mol. The summed E-state index contributed by atoms with van der Waals surface area (Å²) in [4.78, 5) is 5.30. The lowest BCUT2D eigenvalue weighted by Crippen LogP contribution is -2.12. The third kappa shape index (κ3) is 3.07. The highest BCUT2D eigenvalue weighted by atomic mass is 16.6. The summed E-state index contributed by atoms with van der Waals surface area (Å²) in [7, 11) is 0. The second-order valence-electron chi connectivity index (χ2n) is 3.97. The number of hydrogen-bond acceptors (Lipinski definition) is 3. The molecule has 86 valence electrons. The Morgan fingerprint density at radius 3 is 2.94 bits per heavy atom. The lowest BCUT2D eigenvalue weighted by atomic mass is 10.1. The maximum Gasteiger partial charge on any atom is 0.143 e. The van der Waals surface area contributed by atoms with Crippen LogP contribution in [0.25, 0.3) is 0 Å². The van der Waals surface area contributed by atoms with Crippen molar-refractivity contribution in [2.45, 2.75) is 25.9 Å². The fourth-order valence-electron chi connectivity index (χ4n) is 1.73. The number of oxime groups is 1. The molecule has 0 aromatic heterocycles. The van der Waals surface area contributed by atoms with Crippen molar-refractivity contribution in [2.24, 2.45) is 5.16 Å². The molecule has 1 aromatic carbocycles. The molecular formula is C13H17NO2. The molecule has 0 amide bonds. The number of benzene rings is 1. The fraction of sp³-hybridized carbons (Fsp3) is 0.462. The summed E-state index contributed by atoms with van der Waals surface area (Å²) in [6, 6.07) is 10.0. The van der Waals surface area contributed by atoms with Crippen LogP contribution in [-0.4, -0.2) is 25.0 Å². The van der Waals surface area contributed by atoms with Gasteiger partial charge in [-0.2, -0.15) is 0 Å². The molecule has 0 bridgehead atoms. The molecule has 0 aliphatic carbocycles. The van der Waals surface area contributed by atoms with Gasteiger partial charge in [-0.1, -0.05) is 35.5 Å². The number of ether oxygens (including phenoxy) is 1. The van der Waals surface area contributed by atoms with E-state index in [1.807, 2.05) is 37.3 Å². The minimum Gasteiger partial charge on any atom is -0.393 e. The maximum atomic E-state index is 5.45. The standard InChI is InChI=1S/C13H17NO2/c1-11(12-6-3-2-4-7-12)14-16-10-13-8-5-9-15-13/h2-4,6-7,13H,5,8-10H2,1H3/b14-11+. The van der Waals surface area contributed by atoms with E-state index in [1.165, 1.54) is 0 Å². The quantitative estimate of drug-likeness (QED) is 0.575. The molecule has 1 fully saturated rings. The largest absolute Gasteiger partial charge is 0.393 e. The molecule has 1 aliphatic heterocycles. The van der Waals surface area contributed by atoms with Gasteiger partial charge in [0.25, 0.3) is 0 Å². The first kappa shape index (κ1) is 11.1. The van der Waals surface area contributed by atoms with Crippen LogP contribution in [0.2, 0.25) is 0 Å². The van der Waals surface area contributed by atoms with Crippen LogP contribution in [0.5, 0.6) is 0 Å². The van der Waals surface area contributed by atoms with E-state index < -0.39 is 0 Å². The van der Waals surface area contributed by atoms with E-state index in [4.69, 9.17) is 9.57 Å². The average Bonchev–Trinajstić information content (AvgIpc) is 2.83. The summed E-state index contributed by atoms with van der Waals surface area (Å²) < 4.78 is 5.45. The van der Waals surface area contributed by atoms with Gasteiger partial charge in [-0.15, -0.1) is 0 Å². The van der Waals surface area contributed by atoms with Crippen LogP contribution in [0, 0.1) is 0 Å². The van der Waals surface area contributed by atoms with Crippen LogP contribution in [0.4, 0.5) is 0 Å². The highest BCUT2D eigenvalue weighted by Crippen LogP contribution is 2.12. The molecule has 0 radical (unpaired) electrons. The zero-order valence-corrected chi connectivity index (χ0v) is 9.56. The lowest BCUT2D eigenvalue weighted by Gasteiger charge is -2.07. The van der Waals surface area contributed by atoms with Crippen LogP contribution in [0.15, 0.2) is 35.5 Å². The Morgan fingerprint density at radius 1 is 1.44 bits per heavy atom. The van der Waals surface area contributed by atoms with Gasteiger partial charge in [0, 0.05) is 6.61 Å². The van der Waals surface area contributed by atoms with E-state index in [2.05, 4.69) is 5.16 Å². The number of nitrogens with zero attached hydrogens (tertiary/aromatic N) is 1. The van der Waals surface area contributed by atoms with Gasteiger partial charge in [0.15, 0.2) is 0 Å². The molecule has 16 heavy (non-hydrogen) atoms. The molecule has 1 aliphatic rings. The predicted molar refractivity (Wildman–Crippen MR) is 63.6 cm³/mol. The molecule has 0 N–H and O–H groups in total. The Labute approximate surface area is 96.1 Å². The summed E-state index contributed by atoms with van der Waals surface area (Å²) >= 11 is 0. The SMILES string of the molecule is C/C(=N\OCC1CCCO1)c1ccccc1. The molecule has 1 saturated heterocycles. The van der Waals surface area contributed by atoms with Gasteiger partial charge in [0.1, 0.15) is 6.61 Å². The molecule has 1 unspecified atom stereocenters. The molecule has 1 aromatic rings. The maximum absolute atomic E-state index is 5.45. The highest BCUT2D eigenvalue weighted by molar-refractivity contribution is 5.98. The van der Waals surface area contributed by atoms with Crippen molar-refractivity contribution in [1.82, 2.24) is 0 Å². The third-order valence-electron chi connectivity index (χ3n) is 2.68. The van der Waals surface area contributed by atoms with Crippen molar-refractivity contribution in [1.29, 1.82) is 0 Å². The van der Waals surface area contributed by atoms with Crippen molar-refractivity contribution < 1.29 is 9.57 Å². The predicted octanol–water partition coefficient (Wildman–Crippen LogP) is 2.61. The first-order valence-electron chi connectivity index (χ1n) is 5.70. The molecule has 0 spiro atoms. The number of rotatable bonds is 4. The van der Waals surface area contributed by atoms with Gasteiger partial charge in [-0.05, 0) is 25.3 Å². The van der Waals surface area contributed by atoms with Crippen molar-refractivity contribution in [2.75, 3.05) is 13.2 Å². The molecule has 1 atom stereocenters. The summed E-state index contributed by atoms with van der Waals surface area (Å²) in [5.41, 5.74) is 1.99. The molecule has 3 nitrogen and oxygen atoms in total. The van der Waals surface area contributed by atoms with Crippen LogP contribution in [0.1, 0.15) is 25.3 Å². The molecule has 3 heteroatoms. The Kier molecular flexibility index (Phi) is 3.94. The summed E-state index contributed by atoms with van der Waals surface area (Å²) in [6.45, 7) is 3.37. The number of hydrogen-bond donors (Lipinski definition) is 0. The van der Waals surface area contributed by atoms with Gasteiger partial charge in [-0.3, -0.25) is 0 Å². The minimum absolute atomic E-state index is 0.229. The van der Waals surface area contributed by atoms with E-state index in [1.54, 1.807) is 0 Å². The summed E-state index contributed by atoms with van der Waals surface area (Å²) in [5, 5.41) is 4.09. The van der Waals surface area contributed by atoms with E-state index >= 15 is 0 Å². The average molecular weight is 219 g/mol. The van der Waals surface area contributed by atoms with Crippen molar-refractivity contribution in [3.63, 3.8) is 0 Å². The normalized spacial score (nSPS) is 21.1. The van der Waals surface area contributed by atoms with Gasteiger partial charge in [0.05, 0.1) is 11.8 Å². The van der Waals surface area contributed by atoms with Gasteiger partial charge in [-0.25, -0.2) is 0 Å². The van der Waals surface area contributed by atoms with E-state index in [0.717, 1.165) is 30.7 Å². The zero-order valence-electron chi connectivity index (χ0n) is 9.56. The van der Waals surface area contributed by atoms with Gasteiger partial charge >= 0.3 is 0 Å².